The molecule has 0 spiro atoms. The fraction of sp³-hybridized carbons (Fsp3) is 0.833. The molecule has 0 aromatic carbocycles. The lowest BCUT2D eigenvalue weighted by atomic mass is 10.2. The third-order valence-corrected chi connectivity index (χ3v) is 1.67. The van der Waals surface area contributed by atoms with Crippen LogP contribution in [0.5, 0.6) is 0 Å². The van der Waals surface area contributed by atoms with Crippen LogP contribution in [0.1, 0.15) is 41.5 Å². The van der Waals surface area contributed by atoms with Gasteiger partial charge in [0.1, 0.15) is 5.60 Å². The van der Waals surface area contributed by atoms with E-state index in [1.54, 1.807) is 20.8 Å². The normalized spacial score (nSPS) is 13.8. The predicted molar refractivity (Wildman–Crippen MR) is 70.4 cm³/mol. The summed E-state index contributed by atoms with van der Waals surface area (Å²) < 4.78 is 10.7. The van der Waals surface area contributed by atoms with Crippen LogP contribution in [0.3, 0.4) is 0 Å². The molecular weight excluding hydrogens is 238 g/mol. The van der Waals surface area contributed by atoms with Crippen molar-refractivity contribution in [3.63, 3.8) is 0 Å². The molecular formula is C12H21NO3S. The molecule has 0 rings (SSSR count). The monoisotopic (exact) mass is 259 g/mol. The van der Waals surface area contributed by atoms with Crippen LogP contribution in [0.25, 0.3) is 0 Å². The van der Waals surface area contributed by atoms with Gasteiger partial charge in [0.15, 0.2) is 6.04 Å². The molecule has 0 aliphatic heterocycles. The first kappa shape index (κ1) is 16.2. The number of nitrogens with zero attached hydrogens (tertiary/aromatic N) is 1. The van der Waals surface area contributed by atoms with Crippen molar-refractivity contribution >= 4 is 23.3 Å². The number of esters is 1. The van der Waals surface area contributed by atoms with Crippen molar-refractivity contribution in [2.45, 2.75) is 58.8 Å². The van der Waals surface area contributed by atoms with Gasteiger partial charge in [-0.3, -0.25) is 0 Å². The van der Waals surface area contributed by atoms with Crippen molar-refractivity contribution < 1.29 is 14.3 Å². The Kier molecular flexibility index (Phi) is 5.96. The highest BCUT2D eigenvalue weighted by atomic mass is 32.1. The second-order valence-electron chi connectivity index (χ2n) is 5.69. The molecule has 1 atom stereocenters. The molecule has 0 N–H and O–H groups in total. The van der Waals surface area contributed by atoms with E-state index >= 15 is 0 Å². The number of ether oxygens (including phenoxy) is 2. The van der Waals surface area contributed by atoms with E-state index in [-0.39, 0.29) is 12.2 Å². The lowest BCUT2D eigenvalue weighted by Gasteiger charge is -2.24. The molecule has 4 nitrogen and oxygen atoms in total. The maximum absolute atomic E-state index is 11.8. The van der Waals surface area contributed by atoms with E-state index in [2.05, 4.69) is 22.4 Å². The summed E-state index contributed by atoms with van der Waals surface area (Å²) in [5, 5.41) is 2.20. The van der Waals surface area contributed by atoms with Gasteiger partial charge in [0, 0.05) is 0 Å². The van der Waals surface area contributed by atoms with Gasteiger partial charge in [-0.2, -0.15) is 0 Å². The van der Waals surface area contributed by atoms with E-state index in [4.69, 9.17) is 9.47 Å². The fourth-order valence-electron chi connectivity index (χ4n) is 0.920. The molecule has 5 heteroatoms. The van der Waals surface area contributed by atoms with E-state index in [0.29, 0.717) is 0 Å². The van der Waals surface area contributed by atoms with E-state index < -0.39 is 17.6 Å². The van der Waals surface area contributed by atoms with Gasteiger partial charge in [-0.1, -0.05) is 0 Å². The molecule has 98 valence electrons. The molecule has 0 radical (unpaired) electrons. The lowest BCUT2D eigenvalue weighted by Crippen LogP contribution is -2.35. The fourth-order valence-corrected chi connectivity index (χ4v) is 1.05. The third-order valence-electron chi connectivity index (χ3n) is 1.56. The first-order valence-corrected chi connectivity index (χ1v) is 5.90. The molecule has 0 unspecified atom stereocenters. The molecule has 0 saturated heterocycles. The van der Waals surface area contributed by atoms with Gasteiger partial charge in [-0.25, -0.2) is 9.79 Å². The summed E-state index contributed by atoms with van der Waals surface area (Å²) >= 11 is 4.52. The van der Waals surface area contributed by atoms with Gasteiger partial charge in [-0.05, 0) is 53.8 Å². The summed E-state index contributed by atoms with van der Waals surface area (Å²) in [6.45, 7) is 11.2. The van der Waals surface area contributed by atoms with E-state index in [1.807, 2.05) is 20.8 Å². The maximum atomic E-state index is 11.8. The van der Waals surface area contributed by atoms with Crippen LogP contribution >= 0.6 is 12.2 Å². The molecule has 0 fully saturated rings. The van der Waals surface area contributed by atoms with Crippen LogP contribution in [-0.2, 0) is 14.3 Å². The molecule has 0 aromatic rings. The van der Waals surface area contributed by atoms with E-state index in [9.17, 15) is 4.79 Å². The van der Waals surface area contributed by atoms with Crippen LogP contribution in [0.15, 0.2) is 4.99 Å². The smallest absolute Gasteiger partial charge is 0.334 e. The Hall–Kier alpha value is -0.770. The van der Waals surface area contributed by atoms with Crippen LogP contribution in [-0.4, -0.2) is 35.0 Å². The number of aliphatic imine (C=N–C) groups is 1. The van der Waals surface area contributed by atoms with Crippen LogP contribution < -0.4 is 0 Å². The van der Waals surface area contributed by atoms with Gasteiger partial charge < -0.3 is 9.47 Å². The summed E-state index contributed by atoms with van der Waals surface area (Å²) in [6.07, 6.45) is 0. The number of carbonyl (C=O) groups excluding carboxylic acids is 1. The van der Waals surface area contributed by atoms with E-state index in [1.165, 1.54) is 0 Å². The molecule has 17 heavy (non-hydrogen) atoms. The van der Waals surface area contributed by atoms with Gasteiger partial charge in [0.25, 0.3) is 0 Å². The Balaban J connectivity index is 4.53. The van der Waals surface area contributed by atoms with Crippen molar-refractivity contribution in [2.75, 3.05) is 6.61 Å². The molecule has 0 amide bonds. The molecule has 0 saturated carbocycles. The van der Waals surface area contributed by atoms with Crippen molar-refractivity contribution in [3.8, 4) is 0 Å². The standard InChI is InChI=1S/C12H21NO3S/c1-11(2,3)15-7-9(13-8-17)10(14)16-12(4,5)6/h9H,7H2,1-6H3/t9-/m0/s1. The van der Waals surface area contributed by atoms with Crippen molar-refractivity contribution in [1.82, 2.24) is 0 Å². The molecule has 0 aromatic heterocycles. The topological polar surface area (TPSA) is 47.9 Å². The zero-order valence-electron chi connectivity index (χ0n) is 11.4. The summed E-state index contributed by atoms with van der Waals surface area (Å²) in [5.74, 6) is -0.445. The quantitative estimate of drug-likeness (QED) is 0.442. The average Bonchev–Trinajstić information content (AvgIpc) is 2.07. The summed E-state index contributed by atoms with van der Waals surface area (Å²) in [6, 6.07) is -0.744. The average molecular weight is 259 g/mol. The second kappa shape index (κ2) is 6.24. The minimum absolute atomic E-state index is 0.141. The number of hydrogen-bond donors (Lipinski definition) is 0. The summed E-state index contributed by atoms with van der Waals surface area (Å²) in [4.78, 5) is 15.6. The van der Waals surface area contributed by atoms with Crippen LogP contribution in [0, 0.1) is 0 Å². The Morgan fingerprint density at radius 2 is 1.76 bits per heavy atom. The Labute approximate surface area is 108 Å². The number of rotatable bonds is 4. The van der Waals surface area contributed by atoms with Crippen molar-refractivity contribution in [2.24, 2.45) is 4.99 Å². The Bertz CT molecular complexity index is 309. The van der Waals surface area contributed by atoms with Gasteiger partial charge >= 0.3 is 5.97 Å². The van der Waals surface area contributed by atoms with Gasteiger partial charge in [0.05, 0.1) is 17.4 Å². The second-order valence-corrected chi connectivity index (χ2v) is 5.88. The molecule has 0 heterocycles. The Morgan fingerprint density at radius 3 is 2.12 bits per heavy atom. The number of hydrogen-bond acceptors (Lipinski definition) is 5. The highest BCUT2D eigenvalue weighted by molar-refractivity contribution is 7.78. The van der Waals surface area contributed by atoms with Crippen LogP contribution in [0.2, 0.25) is 0 Å². The molecule has 0 aliphatic carbocycles. The zero-order chi connectivity index (χ0) is 13.7. The van der Waals surface area contributed by atoms with Crippen molar-refractivity contribution in [1.29, 1.82) is 0 Å². The summed E-state index contributed by atoms with van der Waals surface area (Å²) in [5.41, 5.74) is -0.884. The lowest BCUT2D eigenvalue weighted by molar-refractivity contribution is -0.159. The van der Waals surface area contributed by atoms with E-state index in [0.717, 1.165) is 0 Å². The van der Waals surface area contributed by atoms with Crippen LogP contribution in [0.4, 0.5) is 0 Å². The Morgan fingerprint density at radius 1 is 1.24 bits per heavy atom. The molecule has 0 bridgehead atoms. The predicted octanol–water partition coefficient (Wildman–Crippen LogP) is 2.61. The van der Waals surface area contributed by atoms with Gasteiger partial charge in [0.2, 0.25) is 0 Å². The first-order chi connectivity index (χ1) is 7.55. The van der Waals surface area contributed by atoms with Crippen molar-refractivity contribution in [3.05, 3.63) is 0 Å². The highest BCUT2D eigenvalue weighted by Gasteiger charge is 2.26. The van der Waals surface area contributed by atoms with Gasteiger partial charge in [-0.15, -0.1) is 0 Å². The highest BCUT2D eigenvalue weighted by Crippen LogP contribution is 2.12. The largest absolute Gasteiger partial charge is 0.458 e. The molecule has 0 aliphatic rings. The first-order valence-electron chi connectivity index (χ1n) is 5.49. The SMILES string of the molecule is CC(C)(C)OC[C@H](N=C=S)C(=O)OC(C)(C)C. The zero-order valence-corrected chi connectivity index (χ0v) is 12.2. The minimum atomic E-state index is -0.744. The summed E-state index contributed by atoms with van der Waals surface area (Å²) in [7, 11) is 0. The number of thiocarbonyl (C=S) groups is 1. The number of carbonyl (C=O) groups is 1. The maximum Gasteiger partial charge on any atom is 0.334 e. The third kappa shape index (κ3) is 8.98. The number of isothiocyanates is 1. The minimum Gasteiger partial charge on any atom is -0.458 e.